The van der Waals surface area contributed by atoms with Crippen molar-refractivity contribution in [3.8, 4) is 0 Å². The van der Waals surface area contributed by atoms with E-state index >= 15 is 0 Å². The van der Waals surface area contributed by atoms with E-state index in [2.05, 4.69) is 6.92 Å². The lowest BCUT2D eigenvalue weighted by atomic mass is 10.1. The first-order valence-electron chi connectivity index (χ1n) is 3.94. The molecule has 0 bridgehead atoms. The van der Waals surface area contributed by atoms with E-state index < -0.39 is 5.06 Å². The smallest absolute Gasteiger partial charge is 0.164 e. The number of alkyl halides is 1. The Kier molecular flexibility index (Phi) is 3.16. The third kappa shape index (κ3) is 2.68. The Labute approximate surface area is 72.7 Å². The zero-order valence-corrected chi connectivity index (χ0v) is 7.47. The average Bonchev–Trinajstić information content (AvgIpc) is 2.03. The zero-order chi connectivity index (χ0) is 8.16. The fourth-order valence-electron chi connectivity index (χ4n) is 0.953. The van der Waals surface area contributed by atoms with E-state index in [0.29, 0.717) is 0 Å². The summed E-state index contributed by atoms with van der Waals surface area (Å²) in [6, 6.07) is 0. The normalized spacial score (nSPS) is 29.3. The topological polar surface area (TPSA) is 9.23 Å². The molecule has 1 rings (SSSR count). The van der Waals surface area contributed by atoms with Crippen LogP contribution in [0.5, 0.6) is 0 Å². The number of allylic oxidation sites excluding steroid dienone is 2. The predicted molar refractivity (Wildman–Crippen MR) is 47.7 cm³/mol. The molecule has 2 heteroatoms. The first-order chi connectivity index (χ1) is 5.27. The fourth-order valence-corrected chi connectivity index (χ4v) is 1.19. The van der Waals surface area contributed by atoms with Crippen molar-refractivity contribution in [2.24, 2.45) is 0 Å². The van der Waals surface area contributed by atoms with Gasteiger partial charge in [0.1, 0.15) is 0 Å². The molecule has 0 spiro atoms. The summed E-state index contributed by atoms with van der Waals surface area (Å²) in [4.78, 5) is 0. The Balaban J connectivity index is 2.40. The molecule has 62 valence electrons. The molecule has 1 aliphatic carbocycles. The molecule has 1 unspecified atom stereocenters. The van der Waals surface area contributed by atoms with Crippen LogP contribution < -0.4 is 0 Å². The second kappa shape index (κ2) is 3.93. The highest BCUT2D eigenvalue weighted by Crippen LogP contribution is 2.26. The van der Waals surface area contributed by atoms with Gasteiger partial charge in [0.15, 0.2) is 5.06 Å². The number of halogens is 1. The second-order valence-electron chi connectivity index (χ2n) is 2.63. The monoisotopic (exact) mass is 172 g/mol. The third-order valence-electron chi connectivity index (χ3n) is 1.53. The van der Waals surface area contributed by atoms with Gasteiger partial charge in [0, 0.05) is 13.0 Å². The number of rotatable bonds is 3. The highest BCUT2D eigenvalue weighted by molar-refractivity contribution is 6.24. The zero-order valence-electron chi connectivity index (χ0n) is 6.72. The number of ether oxygens (including phenoxy) is 1. The van der Waals surface area contributed by atoms with Gasteiger partial charge in [-0.3, -0.25) is 0 Å². The van der Waals surface area contributed by atoms with Gasteiger partial charge in [0.05, 0.1) is 0 Å². The predicted octanol–water partition coefficient (Wildman–Crippen LogP) is 2.86. The van der Waals surface area contributed by atoms with Crippen LogP contribution in [0, 0.1) is 0 Å². The number of hydrogen-bond acceptors (Lipinski definition) is 1. The first kappa shape index (κ1) is 8.82. The molecule has 0 heterocycles. The van der Waals surface area contributed by atoms with Crippen LogP contribution in [-0.2, 0) is 4.74 Å². The van der Waals surface area contributed by atoms with E-state index in [0.717, 1.165) is 19.4 Å². The van der Waals surface area contributed by atoms with Crippen molar-refractivity contribution >= 4 is 11.6 Å². The summed E-state index contributed by atoms with van der Waals surface area (Å²) < 4.78 is 5.45. The Morgan fingerprint density at radius 3 is 2.91 bits per heavy atom. The van der Waals surface area contributed by atoms with Crippen molar-refractivity contribution in [1.29, 1.82) is 0 Å². The standard InChI is InChI=1S/C9H13ClO/c1-2-8-11-9(10)6-4-3-5-7-9/h3-6H,2,7-8H2,1H3. The molecule has 0 saturated carbocycles. The highest BCUT2D eigenvalue weighted by Gasteiger charge is 2.23. The van der Waals surface area contributed by atoms with E-state index in [1.165, 1.54) is 0 Å². The molecule has 0 N–H and O–H groups in total. The van der Waals surface area contributed by atoms with Crippen molar-refractivity contribution < 1.29 is 4.74 Å². The van der Waals surface area contributed by atoms with Crippen molar-refractivity contribution in [1.82, 2.24) is 0 Å². The SMILES string of the molecule is CCCOC1(Cl)C=CC=CC1. The molecule has 0 aliphatic heterocycles. The maximum atomic E-state index is 6.09. The van der Waals surface area contributed by atoms with Crippen molar-refractivity contribution in [3.05, 3.63) is 24.3 Å². The highest BCUT2D eigenvalue weighted by atomic mass is 35.5. The van der Waals surface area contributed by atoms with Gasteiger partial charge in [0.2, 0.25) is 0 Å². The summed E-state index contributed by atoms with van der Waals surface area (Å²) in [6.07, 6.45) is 9.59. The molecular weight excluding hydrogens is 160 g/mol. The molecule has 0 aromatic rings. The van der Waals surface area contributed by atoms with E-state index in [-0.39, 0.29) is 0 Å². The number of hydrogen-bond donors (Lipinski definition) is 0. The average molecular weight is 173 g/mol. The van der Waals surface area contributed by atoms with Crippen LogP contribution >= 0.6 is 11.6 Å². The van der Waals surface area contributed by atoms with E-state index in [1.54, 1.807) is 0 Å². The van der Waals surface area contributed by atoms with Crippen LogP contribution in [0.1, 0.15) is 19.8 Å². The summed E-state index contributed by atoms with van der Waals surface area (Å²) in [7, 11) is 0. The van der Waals surface area contributed by atoms with Gasteiger partial charge in [-0.2, -0.15) is 0 Å². The molecule has 0 aromatic heterocycles. The Bertz CT molecular complexity index is 174. The molecule has 11 heavy (non-hydrogen) atoms. The third-order valence-corrected chi connectivity index (χ3v) is 1.92. The minimum atomic E-state index is -0.565. The van der Waals surface area contributed by atoms with Crippen LogP contribution in [0.3, 0.4) is 0 Å². The van der Waals surface area contributed by atoms with Crippen LogP contribution in [0.25, 0.3) is 0 Å². The van der Waals surface area contributed by atoms with Gasteiger partial charge in [-0.05, 0) is 12.5 Å². The molecule has 0 aromatic carbocycles. The van der Waals surface area contributed by atoms with E-state index in [4.69, 9.17) is 16.3 Å². The van der Waals surface area contributed by atoms with Gasteiger partial charge in [0.25, 0.3) is 0 Å². The van der Waals surface area contributed by atoms with Crippen LogP contribution in [-0.4, -0.2) is 11.7 Å². The van der Waals surface area contributed by atoms with Crippen LogP contribution in [0.15, 0.2) is 24.3 Å². The molecule has 1 atom stereocenters. The van der Waals surface area contributed by atoms with Crippen molar-refractivity contribution in [2.75, 3.05) is 6.61 Å². The van der Waals surface area contributed by atoms with Crippen LogP contribution in [0.4, 0.5) is 0 Å². The lowest BCUT2D eigenvalue weighted by Crippen LogP contribution is -2.23. The molecular formula is C9H13ClO. The van der Waals surface area contributed by atoms with Gasteiger partial charge in [-0.1, -0.05) is 36.8 Å². The summed E-state index contributed by atoms with van der Waals surface area (Å²) in [5.74, 6) is 0. The van der Waals surface area contributed by atoms with Gasteiger partial charge < -0.3 is 4.74 Å². The Morgan fingerprint density at radius 1 is 1.55 bits per heavy atom. The summed E-state index contributed by atoms with van der Waals surface area (Å²) >= 11 is 6.09. The molecule has 1 aliphatic rings. The largest absolute Gasteiger partial charge is 0.356 e. The lowest BCUT2D eigenvalue weighted by Gasteiger charge is -2.23. The quantitative estimate of drug-likeness (QED) is 0.595. The van der Waals surface area contributed by atoms with Crippen molar-refractivity contribution in [2.45, 2.75) is 24.8 Å². The maximum absolute atomic E-state index is 6.09. The minimum absolute atomic E-state index is 0.565. The van der Waals surface area contributed by atoms with Gasteiger partial charge >= 0.3 is 0 Å². The summed E-state index contributed by atoms with van der Waals surface area (Å²) in [5, 5.41) is -0.565. The fraction of sp³-hybridized carbons (Fsp3) is 0.556. The summed E-state index contributed by atoms with van der Waals surface area (Å²) in [6.45, 7) is 2.80. The maximum Gasteiger partial charge on any atom is 0.164 e. The molecule has 0 radical (unpaired) electrons. The van der Waals surface area contributed by atoms with E-state index in [9.17, 15) is 0 Å². The van der Waals surface area contributed by atoms with Crippen molar-refractivity contribution in [3.63, 3.8) is 0 Å². The van der Waals surface area contributed by atoms with Crippen LogP contribution in [0.2, 0.25) is 0 Å². The van der Waals surface area contributed by atoms with Gasteiger partial charge in [-0.25, -0.2) is 0 Å². The second-order valence-corrected chi connectivity index (χ2v) is 3.27. The van der Waals surface area contributed by atoms with E-state index in [1.807, 2.05) is 24.3 Å². The lowest BCUT2D eigenvalue weighted by molar-refractivity contribution is 0.0554. The molecule has 1 nitrogen and oxygen atoms in total. The molecule has 0 saturated heterocycles. The molecule has 0 amide bonds. The molecule has 0 fully saturated rings. The first-order valence-corrected chi connectivity index (χ1v) is 4.32. The Hall–Kier alpha value is -0.270. The Morgan fingerprint density at radius 2 is 2.36 bits per heavy atom. The summed E-state index contributed by atoms with van der Waals surface area (Å²) in [5.41, 5.74) is 0. The minimum Gasteiger partial charge on any atom is -0.356 e. The van der Waals surface area contributed by atoms with Gasteiger partial charge in [-0.15, -0.1) is 0 Å².